The Labute approximate surface area is 198 Å². The highest BCUT2D eigenvalue weighted by Gasteiger charge is 2.23. The van der Waals surface area contributed by atoms with E-state index in [0.29, 0.717) is 0 Å². The molecule has 1 heterocycles. The first kappa shape index (κ1) is 23.1. The summed E-state index contributed by atoms with van der Waals surface area (Å²) in [6, 6.07) is 24.7. The number of carboxylic acid groups (broad SMARTS) is 1. The van der Waals surface area contributed by atoms with Crippen molar-refractivity contribution in [3.05, 3.63) is 96.2 Å². The molecule has 0 aliphatic carbocycles. The standard InChI is InChI=1S/C28H28N2O4/c1-19(2)30-17-23(24-10-6-7-11-26(24)30)16-25(27(31)32)29-28(33)34-18-20-12-14-22(15-13-20)21-8-4-3-5-9-21/h3-15,17,19,25H,16,18H2,1-2H3,(H,29,33)(H,31,32). The highest BCUT2D eigenvalue weighted by Crippen LogP contribution is 2.26. The third-order valence-electron chi connectivity index (χ3n) is 5.82. The number of alkyl carbamates (subject to hydrolysis) is 1. The zero-order valence-corrected chi connectivity index (χ0v) is 19.3. The van der Waals surface area contributed by atoms with Crippen molar-refractivity contribution in [1.82, 2.24) is 9.88 Å². The van der Waals surface area contributed by atoms with Gasteiger partial charge in [-0.1, -0.05) is 72.8 Å². The van der Waals surface area contributed by atoms with Crippen LogP contribution in [0, 0.1) is 0 Å². The van der Waals surface area contributed by atoms with Gasteiger partial charge in [-0.3, -0.25) is 0 Å². The minimum Gasteiger partial charge on any atom is -0.480 e. The number of aliphatic carboxylic acids is 1. The number of hydrogen-bond donors (Lipinski definition) is 2. The van der Waals surface area contributed by atoms with Crippen molar-refractivity contribution in [3.8, 4) is 11.1 Å². The van der Waals surface area contributed by atoms with Crippen LogP contribution in [0.25, 0.3) is 22.0 Å². The maximum Gasteiger partial charge on any atom is 0.408 e. The number of amides is 1. The zero-order chi connectivity index (χ0) is 24.1. The number of carbonyl (C=O) groups excluding carboxylic acids is 1. The summed E-state index contributed by atoms with van der Waals surface area (Å²) in [5.74, 6) is -1.11. The average molecular weight is 457 g/mol. The van der Waals surface area contributed by atoms with E-state index in [1.807, 2.05) is 85.1 Å². The third-order valence-corrected chi connectivity index (χ3v) is 5.82. The lowest BCUT2D eigenvalue weighted by Crippen LogP contribution is -2.42. The lowest BCUT2D eigenvalue weighted by atomic mass is 10.0. The highest BCUT2D eigenvalue weighted by atomic mass is 16.5. The number of para-hydroxylation sites is 1. The molecule has 0 aliphatic rings. The van der Waals surface area contributed by atoms with Crippen molar-refractivity contribution >= 4 is 23.0 Å². The molecule has 0 bridgehead atoms. The molecule has 1 amide bonds. The molecule has 0 saturated carbocycles. The van der Waals surface area contributed by atoms with Crippen LogP contribution in [0.5, 0.6) is 0 Å². The lowest BCUT2D eigenvalue weighted by molar-refractivity contribution is -0.139. The van der Waals surface area contributed by atoms with Crippen LogP contribution < -0.4 is 5.32 Å². The Morgan fingerprint density at radius 3 is 2.24 bits per heavy atom. The molecule has 2 N–H and O–H groups in total. The normalized spacial score (nSPS) is 12.0. The molecule has 6 heteroatoms. The van der Waals surface area contributed by atoms with E-state index >= 15 is 0 Å². The van der Waals surface area contributed by atoms with Crippen LogP contribution in [0.15, 0.2) is 85.1 Å². The molecule has 1 atom stereocenters. The minimum absolute atomic E-state index is 0.0555. The number of rotatable bonds is 8. The second-order valence-corrected chi connectivity index (χ2v) is 8.55. The first-order valence-corrected chi connectivity index (χ1v) is 11.3. The molecule has 3 aromatic carbocycles. The Morgan fingerprint density at radius 1 is 0.912 bits per heavy atom. The molecule has 0 radical (unpaired) electrons. The fourth-order valence-electron chi connectivity index (χ4n) is 4.04. The third kappa shape index (κ3) is 5.29. The number of nitrogens with one attached hydrogen (secondary N) is 1. The first-order chi connectivity index (χ1) is 16.4. The van der Waals surface area contributed by atoms with Gasteiger partial charge in [-0.2, -0.15) is 0 Å². The van der Waals surface area contributed by atoms with Crippen LogP contribution in [0.3, 0.4) is 0 Å². The predicted octanol–water partition coefficient (Wildman–Crippen LogP) is 5.81. The van der Waals surface area contributed by atoms with Gasteiger partial charge < -0.3 is 19.7 Å². The number of hydrogen-bond acceptors (Lipinski definition) is 3. The summed E-state index contributed by atoms with van der Waals surface area (Å²) in [4.78, 5) is 24.3. The molecule has 174 valence electrons. The van der Waals surface area contributed by atoms with Crippen molar-refractivity contribution in [1.29, 1.82) is 0 Å². The molecule has 1 aromatic heterocycles. The Kier molecular flexibility index (Phi) is 6.97. The number of fused-ring (bicyclic) bond motifs is 1. The van der Waals surface area contributed by atoms with Gasteiger partial charge in [0, 0.05) is 29.6 Å². The molecule has 34 heavy (non-hydrogen) atoms. The number of benzene rings is 3. The SMILES string of the molecule is CC(C)n1cc(CC(NC(=O)OCc2ccc(-c3ccccc3)cc2)C(=O)O)c2ccccc21. The maximum atomic E-state index is 12.4. The summed E-state index contributed by atoms with van der Waals surface area (Å²) in [5.41, 5.74) is 4.91. The van der Waals surface area contributed by atoms with E-state index in [4.69, 9.17) is 4.74 Å². The number of nitrogens with zero attached hydrogens (tertiary/aromatic N) is 1. The Bertz CT molecular complexity index is 1280. The summed E-state index contributed by atoms with van der Waals surface area (Å²) in [6.45, 7) is 4.21. The van der Waals surface area contributed by atoms with Gasteiger partial charge in [0.25, 0.3) is 0 Å². The van der Waals surface area contributed by atoms with Gasteiger partial charge in [-0.15, -0.1) is 0 Å². The smallest absolute Gasteiger partial charge is 0.408 e. The van der Waals surface area contributed by atoms with Crippen molar-refractivity contribution in [2.45, 2.75) is 39.0 Å². The van der Waals surface area contributed by atoms with Crippen molar-refractivity contribution < 1.29 is 19.4 Å². The van der Waals surface area contributed by atoms with Crippen molar-refractivity contribution in [3.63, 3.8) is 0 Å². The molecular weight excluding hydrogens is 428 g/mol. The van der Waals surface area contributed by atoms with E-state index in [1.54, 1.807) is 0 Å². The maximum absolute atomic E-state index is 12.4. The number of aromatic nitrogens is 1. The van der Waals surface area contributed by atoms with Gasteiger partial charge in [0.05, 0.1) is 0 Å². The van der Waals surface area contributed by atoms with Gasteiger partial charge >= 0.3 is 12.1 Å². The summed E-state index contributed by atoms with van der Waals surface area (Å²) in [5, 5.41) is 13.2. The quantitative estimate of drug-likeness (QED) is 0.351. The number of ether oxygens (including phenoxy) is 1. The summed E-state index contributed by atoms with van der Waals surface area (Å²) in [7, 11) is 0. The molecule has 4 rings (SSSR count). The van der Waals surface area contributed by atoms with Crippen LogP contribution in [-0.4, -0.2) is 27.8 Å². The van der Waals surface area contributed by atoms with Gasteiger partial charge in [-0.25, -0.2) is 9.59 Å². The number of carboxylic acids is 1. The molecule has 0 spiro atoms. The van der Waals surface area contributed by atoms with Gasteiger partial charge in [0.15, 0.2) is 0 Å². The average Bonchev–Trinajstić information content (AvgIpc) is 3.22. The Morgan fingerprint density at radius 2 is 1.56 bits per heavy atom. The molecule has 0 saturated heterocycles. The molecule has 1 unspecified atom stereocenters. The predicted molar refractivity (Wildman–Crippen MR) is 133 cm³/mol. The molecule has 6 nitrogen and oxygen atoms in total. The van der Waals surface area contributed by atoms with E-state index < -0.39 is 18.1 Å². The monoisotopic (exact) mass is 456 g/mol. The minimum atomic E-state index is -1.11. The van der Waals surface area contributed by atoms with Crippen molar-refractivity contribution in [2.24, 2.45) is 0 Å². The molecular formula is C28H28N2O4. The van der Waals surface area contributed by atoms with Crippen LogP contribution in [0.1, 0.15) is 31.0 Å². The Balaban J connectivity index is 1.39. The molecule has 0 aliphatic heterocycles. The van der Waals surface area contributed by atoms with E-state index in [1.165, 1.54) is 0 Å². The molecule has 0 fully saturated rings. The summed E-state index contributed by atoms with van der Waals surface area (Å²) in [6.07, 6.45) is 1.37. The van der Waals surface area contributed by atoms with E-state index in [-0.39, 0.29) is 19.1 Å². The van der Waals surface area contributed by atoms with Crippen LogP contribution in [0.2, 0.25) is 0 Å². The highest BCUT2D eigenvalue weighted by molar-refractivity contribution is 5.86. The summed E-state index contributed by atoms with van der Waals surface area (Å²) >= 11 is 0. The van der Waals surface area contributed by atoms with Crippen LogP contribution in [-0.2, 0) is 22.6 Å². The van der Waals surface area contributed by atoms with Crippen LogP contribution >= 0.6 is 0 Å². The van der Waals surface area contributed by atoms with Crippen molar-refractivity contribution in [2.75, 3.05) is 0 Å². The topological polar surface area (TPSA) is 80.6 Å². The Hall–Kier alpha value is -4.06. The van der Waals surface area contributed by atoms with Crippen LogP contribution in [0.4, 0.5) is 4.79 Å². The largest absolute Gasteiger partial charge is 0.480 e. The fourth-order valence-corrected chi connectivity index (χ4v) is 4.04. The van der Waals surface area contributed by atoms with Gasteiger partial charge in [-0.05, 0) is 42.2 Å². The second-order valence-electron chi connectivity index (χ2n) is 8.55. The number of carbonyl (C=O) groups is 2. The van der Waals surface area contributed by atoms with Gasteiger partial charge in [0.1, 0.15) is 12.6 Å². The van der Waals surface area contributed by atoms with E-state index in [9.17, 15) is 14.7 Å². The first-order valence-electron chi connectivity index (χ1n) is 11.3. The fraction of sp³-hybridized carbons (Fsp3) is 0.214. The summed E-state index contributed by atoms with van der Waals surface area (Å²) < 4.78 is 7.42. The molecule has 4 aromatic rings. The van der Waals surface area contributed by atoms with E-state index in [0.717, 1.165) is 33.2 Å². The van der Waals surface area contributed by atoms with Gasteiger partial charge in [0.2, 0.25) is 0 Å². The van der Waals surface area contributed by atoms with E-state index in [2.05, 4.69) is 23.7 Å². The lowest BCUT2D eigenvalue weighted by Gasteiger charge is -2.14. The zero-order valence-electron chi connectivity index (χ0n) is 19.3. The second kappa shape index (κ2) is 10.3.